The molecule has 2 rings (SSSR count). The maximum absolute atomic E-state index is 12.4. The first kappa shape index (κ1) is 14.6. The Morgan fingerprint density at radius 1 is 1.30 bits per heavy atom. The van der Waals surface area contributed by atoms with Crippen LogP contribution in [0, 0.1) is 5.41 Å². The number of carboxylic acids is 1. The number of fused-ring (bicyclic) bond motifs is 1. The summed E-state index contributed by atoms with van der Waals surface area (Å²) in [5.74, 6) is -0.960. The summed E-state index contributed by atoms with van der Waals surface area (Å²) in [5, 5.41) is 10.3. The number of Topliss-reactive ketones (excluding diaryl/α,β-unsaturated/α-hetero) is 1. The average Bonchev–Trinajstić information content (AvgIpc) is 2.68. The van der Waals surface area contributed by atoms with E-state index in [-0.39, 0.29) is 18.6 Å². The largest absolute Gasteiger partial charge is 0.481 e. The molecule has 0 aliphatic rings. The van der Waals surface area contributed by atoms with Crippen LogP contribution >= 0.6 is 11.6 Å². The third-order valence-electron chi connectivity index (χ3n) is 3.21. The molecule has 0 fully saturated rings. The molecule has 1 aromatic heterocycles. The minimum atomic E-state index is -0.895. The van der Waals surface area contributed by atoms with Crippen LogP contribution < -0.4 is 0 Å². The van der Waals surface area contributed by atoms with Crippen LogP contribution in [0.25, 0.3) is 10.9 Å². The van der Waals surface area contributed by atoms with Gasteiger partial charge < -0.3 is 10.1 Å². The molecular formula is C15H16ClNO3. The number of ketones is 1. The van der Waals surface area contributed by atoms with Gasteiger partial charge in [-0.3, -0.25) is 9.59 Å². The van der Waals surface area contributed by atoms with Crippen LogP contribution in [0.2, 0.25) is 5.02 Å². The van der Waals surface area contributed by atoms with Crippen LogP contribution in [0.3, 0.4) is 0 Å². The number of carbonyl (C=O) groups is 2. The van der Waals surface area contributed by atoms with Gasteiger partial charge in [0.05, 0.1) is 6.42 Å². The van der Waals surface area contributed by atoms with Crippen LogP contribution in [-0.2, 0) is 4.79 Å². The number of benzene rings is 1. The predicted octanol–water partition coefficient (Wildman–Crippen LogP) is 3.90. The molecule has 0 saturated carbocycles. The van der Waals surface area contributed by atoms with E-state index in [0.717, 1.165) is 10.9 Å². The van der Waals surface area contributed by atoms with Gasteiger partial charge in [0.15, 0.2) is 5.78 Å². The lowest BCUT2D eigenvalue weighted by atomic mass is 9.82. The van der Waals surface area contributed by atoms with Gasteiger partial charge in [-0.25, -0.2) is 0 Å². The number of aromatic nitrogens is 1. The zero-order chi connectivity index (χ0) is 14.9. The SMILES string of the molecule is CC(C)(CC(=O)O)CC(=O)c1c[nH]c2cc(Cl)ccc12. The van der Waals surface area contributed by atoms with Crippen LogP contribution in [0.15, 0.2) is 24.4 Å². The molecule has 0 unspecified atom stereocenters. The van der Waals surface area contributed by atoms with E-state index in [0.29, 0.717) is 10.6 Å². The second-order valence-electron chi connectivity index (χ2n) is 5.73. The van der Waals surface area contributed by atoms with Gasteiger partial charge in [0.1, 0.15) is 0 Å². The third kappa shape index (κ3) is 3.20. The molecule has 0 amide bonds. The molecule has 4 nitrogen and oxygen atoms in total. The van der Waals surface area contributed by atoms with E-state index in [9.17, 15) is 9.59 Å². The Kier molecular flexibility index (Phi) is 3.86. The molecule has 0 saturated heterocycles. The van der Waals surface area contributed by atoms with E-state index in [1.807, 2.05) is 0 Å². The Balaban J connectivity index is 2.26. The summed E-state index contributed by atoms with van der Waals surface area (Å²) in [6.07, 6.45) is 1.81. The summed E-state index contributed by atoms with van der Waals surface area (Å²) in [5.41, 5.74) is 0.811. The molecule has 0 spiro atoms. The maximum Gasteiger partial charge on any atom is 0.303 e. The van der Waals surface area contributed by atoms with E-state index >= 15 is 0 Å². The number of H-pyrrole nitrogens is 1. The lowest BCUT2D eigenvalue weighted by Crippen LogP contribution is -2.21. The molecule has 1 aromatic carbocycles. The van der Waals surface area contributed by atoms with Gasteiger partial charge >= 0.3 is 5.97 Å². The summed E-state index contributed by atoms with van der Waals surface area (Å²) in [6, 6.07) is 5.29. The van der Waals surface area contributed by atoms with Crippen molar-refractivity contribution in [1.82, 2.24) is 4.98 Å². The first-order chi connectivity index (χ1) is 9.28. The molecule has 0 radical (unpaired) electrons. The summed E-state index contributed by atoms with van der Waals surface area (Å²) in [7, 11) is 0. The lowest BCUT2D eigenvalue weighted by Gasteiger charge is -2.20. The van der Waals surface area contributed by atoms with E-state index < -0.39 is 11.4 Å². The van der Waals surface area contributed by atoms with Crippen LogP contribution in [-0.4, -0.2) is 21.8 Å². The van der Waals surface area contributed by atoms with Gasteiger partial charge in [0.25, 0.3) is 0 Å². The van der Waals surface area contributed by atoms with Crippen molar-refractivity contribution in [1.29, 1.82) is 0 Å². The van der Waals surface area contributed by atoms with Gasteiger partial charge in [-0.05, 0) is 17.5 Å². The minimum absolute atomic E-state index is 0.0348. The molecule has 0 atom stereocenters. The zero-order valence-corrected chi connectivity index (χ0v) is 12.1. The molecular weight excluding hydrogens is 278 g/mol. The normalized spacial score (nSPS) is 11.8. The number of hydrogen-bond acceptors (Lipinski definition) is 2. The van der Waals surface area contributed by atoms with Crippen LogP contribution in [0.1, 0.15) is 37.0 Å². The monoisotopic (exact) mass is 293 g/mol. The quantitative estimate of drug-likeness (QED) is 0.822. The molecule has 0 aliphatic heterocycles. The first-order valence-electron chi connectivity index (χ1n) is 6.30. The molecule has 2 aromatic rings. The minimum Gasteiger partial charge on any atom is -0.481 e. The molecule has 1 heterocycles. The molecule has 0 bridgehead atoms. The van der Waals surface area contributed by atoms with Gasteiger partial charge in [-0.15, -0.1) is 0 Å². The average molecular weight is 294 g/mol. The molecule has 106 valence electrons. The number of rotatable bonds is 5. The Bertz CT molecular complexity index is 673. The Hall–Kier alpha value is -1.81. The number of aromatic amines is 1. The van der Waals surface area contributed by atoms with Crippen LogP contribution in [0.5, 0.6) is 0 Å². The third-order valence-corrected chi connectivity index (χ3v) is 3.45. The van der Waals surface area contributed by atoms with E-state index in [4.69, 9.17) is 16.7 Å². The van der Waals surface area contributed by atoms with Crippen molar-refractivity contribution in [2.75, 3.05) is 0 Å². The van der Waals surface area contributed by atoms with Crippen molar-refractivity contribution in [3.05, 3.63) is 35.0 Å². The molecule has 2 N–H and O–H groups in total. The molecule has 5 heteroatoms. The highest BCUT2D eigenvalue weighted by molar-refractivity contribution is 6.31. The van der Waals surface area contributed by atoms with Gasteiger partial charge in [0.2, 0.25) is 0 Å². The van der Waals surface area contributed by atoms with E-state index in [2.05, 4.69) is 4.98 Å². The topological polar surface area (TPSA) is 70.2 Å². The Morgan fingerprint density at radius 3 is 2.65 bits per heavy atom. The Morgan fingerprint density at radius 2 is 2.00 bits per heavy atom. The van der Waals surface area contributed by atoms with E-state index in [1.54, 1.807) is 38.2 Å². The zero-order valence-electron chi connectivity index (χ0n) is 11.4. The lowest BCUT2D eigenvalue weighted by molar-refractivity contribution is -0.139. The maximum atomic E-state index is 12.4. The van der Waals surface area contributed by atoms with Crippen molar-refractivity contribution in [2.24, 2.45) is 5.41 Å². The highest BCUT2D eigenvalue weighted by atomic mass is 35.5. The van der Waals surface area contributed by atoms with Crippen molar-refractivity contribution >= 4 is 34.3 Å². The summed E-state index contributed by atoms with van der Waals surface area (Å²) < 4.78 is 0. The van der Waals surface area contributed by atoms with Crippen molar-refractivity contribution < 1.29 is 14.7 Å². The van der Waals surface area contributed by atoms with Gasteiger partial charge in [-0.1, -0.05) is 31.5 Å². The number of aliphatic carboxylic acids is 1. The second kappa shape index (κ2) is 5.29. The highest BCUT2D eigenvalue weighted by Crippen LogP contribution is 2.29. The molecule has 0 aliphatic carbocycles. The number of carboxylic acid groups (broad SMARTS) is 1. The Labute approximate surface area is 121 Å². The number of nitrogens with one attached hydrogen (secondary N) is 1. The van der Waals surface area contributed by atoms with E-state index in [1.165, 1.54) is 0 Å². The standard InChI is InChI=1S/C15H16ClNO3/c1-15(2,7-14(19)20)6-13(18)11-8-17-12-5-9(16)3-4-10(11)12/h3-5,8,17H,6-7H2,1-2H3,(H,19,20). The smallest absolute Gasteiger partial charge is 0.303 e. The van der Waals surface area contributed by atoms with Crippen LogP contribution in [0.4, 0.5) is 0 Å². The van der Waals surface area contributed by atoms with Gasteiger partial charge in [-0.2, -0.15) is 0 Å². The van der Waals surface area contributed by atoms with Gasteiger partial charge in [0, 0.05) is 34.1 Å². The fourth-order valence-electron chi connectivity index (χ4n) is 2.33. The summed E-state index contributed by atoms with van der Waals surface area (Å²) in [6.45, 7) is 3.56. The first-order valence-corrected chi connectivity index (χ1v) is 6.68. The number of halogens is 1. The predicted molar refractivity (Wildman–Crippen MR) is 78.3 cm³/mol. The number of hydrogen-bond donors (Lipinski definition) is 2. The highest BCUT2D eigenvalue weighted by Gasteiger charge is 2.26. The van der Waals surface area contributed by atoms with Crippen molar-refractivity contribution in [3.8, 4) is 0 Å². The fraction of sp³-hybridized carbons (Fsp3) is 0.333. The fourth-order valence-corrected chi connectivity index (χ4v) is 2.50. The second-order valence-corrected chi connectivity index (χ2v) is 6.16. The molecule has 20 heavy (non-hydrogen) atoms. The van der Waals surface area contributed by atoms with Crippen molar-refractivity contribution in [2.45, 2.75) is 26.7 Å². The summed E-state index contributed by atoms with van der Waals surface area (Å²) in [4.78, 5) is 26.2. The summed E-state index contributed by atoms with van der Waals surface area (Å²) >= 11 is 5.90. The van der Waals surface area contributed by atoms with Crippen molar-refractivity contribution in [3.63, 3.8) is 0 Å². The number of carbonyl (C=O) groups excluding carboxylic acids is 1.